The number of quaternary nitrogens is 3. The fourth-order valence-corrected chi connectivity index (χ4v) is 24.4. The summed E-state index contributed by atoms with van der Waals surface area (Å²) in [4.78, 5) is 11.6. The molecule has 0 unspecified atom stereocenters. The van der Waals surface area contributed by atoms with Crippen molar-refractivity contribution in [3.63, 3.8) is 0 Å². The molecule has 734 valence electrons. The average molecular weight is 2040 g/mol. The van der Waals surface area contributed by atoms with Gasteiger partial charge in [0.1, 0.15) is 32.8 Å². The molecule has 3 rings (SSSR count). The highest BCUT2D eigenvalue weighted by Gasteiger charge is 2.45. The van der Waals surface area contributed by atoms with E-state index >= 15 is 0 Å². The molecule has 0 radical (unpaired) electrons. The van der Waals surface area contributed by atoms with Crippen molar-refractivity contribution >= 4 is 121 Å². The van der Waals surface area contributed by atoms with Gasteiger partial charge in [0, 0.05) is 170 Å². The molecule has 0 aromatic carbocycles. The second-order valence-electron chi connectivity index (χ2n) is 27.1. The van der Waals surface area contributed by atoms with Crippen LogP contribution < -0.4 is 9.88 Å². The summed E-state index contributed by atoms with van der Waals surface area (Å²) in [6.45, 7) is 21.2. The van der Waals surface area contributed by atoms with Gasteiger partial charge in [-0.3, -0.25) is 0 Å². The number of aryl methyl sites for hydroxylation is 2. The van der Waals surface area contributed by atoms with Crippen molar-refractivity contribution in [2.45, 2.75) is 125 Å². The Morgan fingerprint density at radius 3 is 1.01 bits per heavy atom. The third-order valence-corrected chi connectivity index (χ3v) is 37.1. The minimum absolute atomic E-state index is 0.246. The van der Waals surface area contributed by atoms with Gasteiger partial charge in [0.2, 0.25) is 0 Å². The smallest absolute Gasteiger partial charge is 0.444 e. The molecule has 1 aromatic rings. The number of likely N-dealkylation sites (N-methyl/N-ethyl adjacent to an activating group) is 2. The number of alkyl halides is 12. The Balaban J connectivity index is -0.000000432. The number of rotatable bonds is 42. The fraction of sp³-hybridized carbons (Fsp3) is 0.897. The van der Waals surface area contributed by atoms with Crippen molar-refractivity contribution in [1.29, 1.82) is 0 Å². The van der Waals surface area contributed by atoms with Gasteiger partial charge in [0.25, 0.3) is 0 Å². The second-order valence-corrected chi connectivity index (χ2v) is 53.1. The number of nitrogens with one attached hydrogen (secondary N) is 1. The number of carbonyl (C=O) groups excluding carboxylic acids is 1. The van der Waals surface area contributed by atoms with E-state index in [1.807, 2.05) is 20.8 Å². The molecule has 122 heavy (non-hydrogen) atoms. The van der Waals surface area contributed by atoms with Crippen LogP contribution in [0.5, 0.6) is 0 Å². The number of halogens is 12. The maximum atomic E-state index is 11.6. The van der Waals surface area contributed by atoms with Crippen LogP contribution in [-0.2, 0) is 149 Å². The largest absolute Gasteiger partial charge is 0.500 e. The molecule has 1 aromatic heterocycles. The molecule has 64 heteroatoms. The fourth-order valence-electron chi connectivity index (χ4n) is 9.64. The van der Waals surface area contributed by atoms with Crippen LogP contribution in [0.15, 0.2) is 24.5 Å². The molecule has 1 N–H and O–H groups in total. The van der Waals surface area contributed by atoms with E-state index in [1.54, 1.807) is 80.5 Å². The van der Waals surface area contributed by atoms with E-state index in [2.05, 4.69) is 76.6 Å². The van der Waals surface area contributed by atoms with Gasteiger partial charge in [0.05, 0.1) is 115 Å². The number of piperidine rings is 1. The van der Waals surface area contributed by atoms with Gasteiger partial charge in [0.15, 0.2) is 52.5 Å². The van der Waals surface area contributed by atoms with E-state index in [4.69, 9.17) is 62.6 Å². The Kier molecular flexibility index (Phi) is 59.4. The maximum absolute atomic E-state index is 11.6. The highest BCUT2D eigenvalue weighted by Crippen LogP contribution is 2.33. The first kappa shape index (κ1) is 128. The molecular formula is C58H123F12N9O31S8Si4. The Bertz CT molecular complexity index is 3700. The molecule has 2 aliphatic heterocycles. The molecule has 0 atom stereocenters. The number of ether oxygens (including phenoxy) is 2. The number of hydrogen-bond donors (Lipinski definition) is 1. The third kappa shape index (κ3) is 58.7. The van der Waals surface area contributed by atoms with Crippen LogP contribution in [0.1, 0.15) is 71.3 Å². The first-order valence-electron chi connectivity index (χ1n) is 35.8. The summed E-state index contributed by atoms with van der Waals surface area (Å²) >= 11 is 0. The molecule has 0 aliphatic carbocycles. The van der Waals surface area contributed by atoms with Gasteiger partial charge < -0.3 is 97.9 Å². The molecule has 2 saturated heterocycles. The number of morpholine rings is 1. The minimum Gasteiger partial charge on any atom is -0.444 e. The highest BCUT2D eigenvalue weighted by molar-refractivity contribution is 8.13. The monoisotopic (exact) mass is 2040 g/mol. The minimum atomic E-state index is -5.92. The van der Waals surface area contributed by atoms with Crippen LogP contribution in [0.3, 0.4) is 0 Å². The topological polar surface area (TPSA) is 492 Å². The Hall–Kier alpha value is -2.75. The van der Waals surface area contributed by atoms with Crippen molar-refractivity contribution in [1.82, 2.24) is 5.32 Å². The second kappa shape index (κ2) is 56.7. The zero-order valence-electron chi connectivity index (χ0n) is 72.2. The molecular weight excluding hydrogens is 1920 g/mol. The van der Waals surface area contributed by atoms with E-state index in [9.17, 15) is 125 Å². The van der Waals surface area contributed by atoms with E-state index in [1.165, 1.54) is 48.9 Å². The van der Waals surface area contributed by atoms with E-state index in [0.29, 0.717) is 39.0 Å². The number of pyridine rings is 1. The predicted octanol–water partition coefficient (Wildman–Crippen LogP) is 6.70. The van der Waals surface area contributed by atoms with Gasteiger partial charge in [-0.05, 0) is 59.4 Å². The molecule has 40 nitrogen and oxygen atoms in total. The summed E-state index contributed by atoms with van der Waals surface area (Å²) in [5, 5.41) is 2.76. The number of likely N-dealkylation sites (tertiary alicyclic amines) is 1. The number of sulfonamides is 8. The number of amides is 1. The molecule has 2 aliphatic rings. The number of alkyl carbamates (subject to hydrolysis) is 1. The lowest BCUT2D eigenvalue weighted by Gasteiger charge is -2.38. The van der Waals surface area contributed by atoms with Crippen LogP contribution in [0.2, 0.25) is 24.2 Å². The predicted molar refractivity (Wildman–Crippen MR) is 431 cm³/mol. The lowest BCUT2D eigenvalue weighted by Crippen LogP contribution is -2.53. The van der Waals surface area contributed by atoms with Gasteiger partial charge >= 0.3 is 63.3 Å². The summed E-state index contributed by atoms with van der Waals surface area (Å²) in [5.41, 5.74) is -21.4. The van der Waals surface area contributed by atoms with Gasteiger partial charge in [-0.15, -0.1) is 0 Å². The summed E-state index contributed by atoms with van der Waals surface area (Å²) in [6, 6.07) is 7.46. The summed E-state index contributed by atoms with van der Waals surface area (Å²) in [7, 11) is -25.7. The van der Waals surface area contributed by atoms with Crippen LogP contribution >= 0.6 is 0 Å². The van der Waals surface area contributed by atoms with Gasteiger partial charge in [-0.2, -0.15) is 52.7 Å². The third-order valence-electron chi connectivity index (χ3n) is 15.6. The Labute approximate surface area is 716 Å². The molecule has 0 spiro atoms. The summed E-state index contributed by atoms with van der Waals surface area (Å²) in [5.74, 6) is 0. The number of carbonyl (C=O) groups is 1. The molecule has 2 fully saturated rings. The van der Waals surface area contributed by atoms with Crippen molar-refractivity contribution in [2.75, 3.05) is 216 Å². The summed E-state index contributed by atoms with van der Waals surface area (Å²) in [6.07, 6.45) is 12.9. The van der Waals surface area contributed by atoms with Crippen molar-refractivity contribution in [3.8, 4) is 0 Å². The Morgan fingerprint density at radius 1 is 0.467 bits per heavy atom. The lowest BCUT2D eigenvalue weighted by molar-refractivity contribution is -0.916. The van der Waals surface area contributed by atoms with Gasteiger partial charge in [-0.25, -0.2) is 76.7 Å². The standard InChI is InChI=1S/C15H34N2O5Si.C12H22NO3Si.C12H28NO3Si.C11H26NO4Si.4C2H3F3NO4S2/c1-7-20-23(21-8-2,22-9-3)14-10-11-16-15(18)19-13-12-17(4,5)6;1-12-7-5-8-13(11-12)9-6-10-17(14-2,15-3)16-4;1-13(9-6-5-7-10-13)11-8-12-17(14-2,15-3)16-4;1-12(7-9-16-10-8-12)6-5-11-17(13-2,14-3)15-4;4*1-11(7,8)6-12(9,10)2(3,4)5/h7-14H2,1-6H3;5,7-8,11H,6,9-10H2,1-4H3;5-12H2,1-4H3;5-11H2,1-4H3;4*1H3/q;3*+1;4*-1/p+1. The van der Waals surface area contributed by atoms with Crippen molar-refractivity contribution < 1.29 is 205 Å². The molecule has 0 bridgehead atoms. The van der Waals surface area contributed by atoms with Crippen LogP contribution in [-0.4, -0.2) is 360 Å². The molecule has 0 saturated carbocycles. The first-order chi connectivity index (χ1) is 55.0. The van der Waals surface area contributed by atoms with E-state index < -0.39 is 137 Å². The molecule has 1 amide bonds. The van der Waals surface area contributed by atoms with Crippen LogP contribution in [0.25, 0.3) is 16.5 Å². The average Bonchev–Trinajstić information content (AvgIpc) is 0.829. The molecule has 3 heterocycles. The SMILES string of the molecule is CCO[Si](CCCNC(=O)OCC[N+](C)(C)C)(OCC)OCC.CO[Si](CCC[N+]1(C)CCCCC1)(OC)OC.CO[Si](CCC[N+]1(C)CCOCC1)(OC)OC.CO[Si](CCC[n+]1cccc(C)c1)(OC)OC.CS(=O)(=O)[N-]S(=O)(=O)C(F)(F)F.CS(=O)(=O)[N-]S(=O)(=O)C(F)(F)F.CS(=O)(=O)[N-]S(=O)(=O)C(F)(F)F.CS(=O)(=O)[N-]S(=O)(=O)C(F)(F)F. The van der Waals surface area contributed by atoms with Crippen molar-refractivity contribution in [2.24, 2.45) is 0 Å². The number of aromatic nitrogens is 1. The lowest BCUT2D eigenvalue weighted by atomic mass is 10.1. The van der Waals surface area contributed by atoms with Crippen molar-refractivity contribution in [3.05, 3.63) is 46.6 Å². The zero-order chi connectivity index (χ0) is 96.9. The van der Waals surface area contributed by atoms with E-state index in [-0.39, 0.29) is 31.1 Å². The Morgan fingerprint density at radius 2 is 0.754 bits per heavy atom. The van der Waals surface area contributed by atoms with Crippen LogP contribution in [0, 0.1) is 6.92 Å². The maximum Gasteiger partial charge on any atom is 0.500 e. The first-order valence-corrected chi connectivity index (χ1v) is 56.7. The van der Waals surface area contributed by atoms with Gasteiger partial charge in [-0.1, -0.05) is 0 Å². The number of hydrogen-bond acceptors (Lipinski definition) is 31. The summed E-state index contributed by atoms with van der Waals surface area (Å²) < 4.78 is 386. The zero-order valence-corrected chi connectivity index (χ0v) is 82.8. The quantitative estimate of drug-likeness (QED) is 0.0234. The highest BCUT2D eigenvalue weighted by atomic mass is 32.3. The van der Waals surface area contributed by atoms with Crippen LogP contribution in [0.4, 0.5) is 57.5 Å². The van der Waals surface area contributed by atoms with E-state index in [0.717, 1.165) is 98.7 Å². The normalized spacial score (nSPS) is 15.4. The number of nitrogens with zero attached hydrogens (tertiary/aromatic N) is 8.